The van der Waals surface area contributed by atoms with Crippen LogP contribution in [0.1, 0.15) is 114 Å². The standard InChI is InChI=1S/C35H29N2O.C32H31N2.Ir/c1-21(2)24-13-9-14-25(22(3)4)32(24)37-31-18-8-7-17-30(31)36-35(37)29-16-10-15-27-28-20-19-23-11-5-6-12-26(23)33(28)38-34(27)29;1-21(2)26-14-11-15-27(22(3)4)31(26)34-30-17-10-9-16-29(30)33-32(34)25-19-18-23(5)28(20-25)24-12-7-6-8-13-24;/h5-15,17-22H,1-4H3;6-18,20-22H,1-5H3;/q2*-1;/i;5D3,21D,22D;. The predicted molar refractivity (Wildman–Crippen MR) is 302 cm³/mol. The number of aryl methyl sites for hydroxylation is 1. The molecular weight excluding hydrogens is 1070 g/mol. The Morgan fingerprint density at radius 2 is 1.07 bits per heavy atom. The van der Waals surface area contributed by atoms with Crippen molar-refractivity contribution in [1.29, 1.82) is 0 Å². The van der Waals surface area contributed by atoms with Crippen LogP contribution in [0.3, 0.4) is 0 Å². The van der Waals surface area contributed by atoms with Crippen LogP contribution in [-0.4, -0.2) is 19.1 Å². The molecule has 0 aliphatic rings. The van der Waals surface area contributed by atoms with Crippen molar-refractivity contribution in [3.63, 3.8) is 0 Å². The molecule has 0 saturated heterocycles. The van der Waals surface area contributed by atoms with E-state index < -0.39 is 18.6 Å². The SMILES string of the molecule is CC(C)c1cccc(C(C)C)c1-n1c(-c2[c-]ccc3c2oc2c4ccccc4ccc32)nc2ccccc21.[2H]C([2H])([2H])c1c[c-]c(-c2nc3ccccc3n2-c2c(C([2H])(C)C)cccc2C([2H])(C)C)cc1-c1ccccc1.[Ir]. The summed E-state index contributed by atoms with van der Waals surface area (Å²) in [6.45, 7) is 14.1. The minimum atomic E-state index is -2.31. The molecule has 0 aliphatic carbocycles. The molecule has 6 heteroatoms. The molecule has 0 bridgehead atoms. The van der Waals surface area contributed by atoms with E-state index in [1.807, 2.05) is 117 Å². The number of rotatable bonds is 9. The van der Waals surface area contributed by atoms with Crippen molar-refractivity contribution in [2.45, 2.75) is 85.9 Å². The van der Waals surface area contributed by atoms with Crippen molar-refractivity contribution >= 4 is 54.8 Å². The number of aromatic nitrogens is 4. The first kappa shape index (κ1) is 43.2. The average molecular weight is 1130 g/mol. The Balaban J connectivity index is 0.000000174. The molecular formula is C67H60IrN4O-2. The molecule has 0 fully saturated rings. The Morgan fingerprint density at radius 1 is 0.521 bits per heavy atom. The molecule has 3 aromatic heterocycles. The fourth-order valence-electron chi connectivity index (χ4n) is 10.3. The van der Waals surface area contributed by atoms with Gasteiger partial charge in [0.05, 0.1) is 39.3 Å². The third-order valence-corrected chi connectivity index (χ3v) is 13.8. The van der Waals surface area contributed by atoms with Crippen molar-refractivity contribution in [1.82, 2.24) is 19.1 Å². The van der Waals surface area contributed by atoms with Gasteiger partial charge < -0.3 is 13.6 Å². The maximum Gasteiger partial charge on any atom is 0.128 e. The molecule has 1 radical (unpaired) electrons. The molecule has 0 saturated carbocycles. The zero-order valence-electron chi connectivity index (χ0n) is 47.4. The molecule has 12 rings (SSSR count). The normalized spacial score (nSPS) is 13.2. The second-order valence-corrected chi connectivity index (χ2v) is 19.7. The van der Waals surface area contributed by atoms with Gasteiger partial charge >= 0.3 is 0 Å². The molecule has 0 spiro atoms. The van der Waals surface area contributed by atoms with Gasteiger partial charge in [-0.2, -0.15) is 0 Å². The van der Waals surface area contributed by atoms with Crippen molar-refractivity contribution < 1.29 is 31.4 Å². The third kappa shape index (κ3) is 8.81. The van der Waals surface area contributed by atoms with Crippen molar-refractivity contribution in [2.75, 3.05) is 0 Å². The van der Waals surface area contributed by atoms with E-state index in [9.17, 15) is 0 Å². The Morgan fingerprint density at radius 3 is 1.70 bits per heavy atom. The fraction of sp³-hybridized carbons (Fsp3) is 0.194. The molecule has 365 valence electrons. The predicted octanol–water partition coefficient (Wildman–Crippen LogP) is 18.5. The van der Waals surface area contributed by atoms with Gasteiger partial charge in [0.25, 0.3) is 0 Å². The minimum Gasteiger partial charge on any atom is -0.500 e. The van der Waals surface area contributed by atoms with Gasteiger partial charge in [-0.1, -0.05) is 206 Å². The molecule has 5 nitrogen and oxygen atoms in total. The minimum absolute atomic E-state index is 0. The number of hydrogen-bond donors (Lipinski definition) is 0. The Kier molecular flexibility index (Phi) is 12.0. The summed E-state index contributed by atoms with van der Waals surface area (Å²) in [5.41, 5.74) is 14.6. The molecule has 3 heterocycles. The quantitative estimate of drug-likeness (QED) is 0.135. The molecule has 12 aromatic rings. The maximum atomic E-state index is 8.98. The van der Waals surface area contributed by atoms with E-state index in [0.29, 0.717) is 28.8 Å². The smallest absolute Gasteiger partial charge is 0.128 e. The molecule has 0 atom stereocenters. The topological polar surface area (TPSA) is 48.8 Å². The molecule has 0 amide bonds. The number of benzene rings is 9. The van der Waals surface area contributed by atoms with Crippen LogP contribution >= 0.6 is 0 Å². The van der Waals surface area contributed by atoms with Gasteiger partial charge in [0.2, 0.25) is 0 Å². The van der Waals surface area contributed by atoms with Gasteiger partial charge in [-0.05, 0) is 81.1 Å². The summed E-state index contributed by atoms with van der Waals surface area (Å²) in [7, 11) is 0. The molecule has 9 aromatic carbocycles. The Bertz CT molecular complexity index is 4130. The van der Waals surface area contributed by atoms with E-state index in [1.54, 1.807) is 6.07 Å². The molecule has 0 N–H and O–H groups in total. The van der Waals surface area contributed by atoms with Crippen molar-refractivity contribution in [3.05, 3.63) is 216 Å². The summed E-state index contributed by atoms with van der Waals surface area (Å²) in [6.07, 6.45) is 0. The second-order valence-electron chi connectivity index (χ2n) is 19.7. The number of nitrogens with zero attached hydrogens (tertiary/aromatic N) is 4. The largest absolute Gasteiger partial charge is 0.500 e. The number of hydrogen-bond acceptors (Lipinski definition) is 3. The summed E-state index contributed by atoms with van der Waals surface area (Å²) in [5.74, 6) is 0.236. The third-order valence-electron chi connectivity index (χ3n) is 13.8. The summed E-state index contributed by atoms with van der Waals surface area (Å²) in [4.78, 5) is 10.2. The summed E-state index contributed by atoms with van der Waals surface area (Å²) in [5, 5.41) is 4.48. The molecule has 0 aliphatic heterocycles. The van der Waals surface area contributed by atoms with E-state index in [2.05, 4.69) is 129 Å². The van der Waals surface area contributed by atoms with Crippen LogP contribution in [0.25, 0.3) is 100 Å². The summed E-state index contributed by atoms with van der Waals surface area (Å²) >= 11 is 0. The second kappa shape index (κ2) is 20.3. The first-order valence-corrected chi connectivity index (χ1v) is 24.9. The van der Waals surface area contributed by atoms with Gasteiger partial charge in [0, 0.05) is 49.1 Å². The molecule has 73 heavy (non-hydrogen) atoms. The van der Waals surface area contributed by atoms with Crippen LogP contribution in [-0.2, 0) is 20.1 Å². The first-order valence-electron chi connectivity index (χ1n) is 27.4. The van der Waals surface area contributed by atoms with Gasteiger partial charge in [0.1, 0.15) is 5.58 Å². The van der Waals surface area contributed by atoms with E-state index >= 15 is 0 Å². The van der Waals surface area contributed by atoms with Crippen LogP contribution in [0, 0.1) is 19.0 Å². The van der Waals surface area contributed by atoms with Gasteiger partial charge in [-0.3, -0.25) is 9.97 Å². The zero-order valence-corrected chi connectivity index (χ0v) is 44.8. The zero-order chi connectivity index (χ0) is 54.1. The number of imidazole rings is 2. The fourth-order valence-corrected chi connectivity index (χ4v) is 10.3. The number of para-hydroxylation sites is 6. The van der Waals surface area contributed by atoms with E-state index in [1.165, 1.54) is 22.2 Å². The average Bonchev–Trinajstić information content (AvgIpc) is 4.33. The first-order chi connectivity index (χ1) is 36.8. The number of furan rings is 1. The monoisotopic (exact) mass is 1130 g/mol. The van der Waals surface area contributed by atoms with Gasteiger partial charge in [-0.15, -0.1) is 47.5 Å². The van der Waals surface area contributed by atoms with Crippen LogP contribution < -0.4 is 0 Å². The van der Waals surface area contributed by atoms with E-state index in [0.717, 1.165) is 83.2 Å². The number of fused-ring (bicyclic) bond motifs is 7. The van der Waals surface area contributed by atoms with Crippen molar-refractivity contribution in [2.24, 2.45) is 0 Å². The van der Waals surface area contributed by atoms with Gasteiger partial charge in [0.15, 0.2) is 0 Å². The van der Waals surface area contributed by atoms with Gasteiger partial charge in [-0.25, -0.2) is 0 Å². The van der Waals surface area contributed by atoms with Crippen LogP contribution in [0.4, 0.5) is 0 Å². The van der Waals surface area contributed by atoms with E-state index in [-0.39, 0.29) is 25.7 Å². The van der Waals surface area contributed by atoms with Crippen molar-refractivity contribution in [3.8, 4) is 45.3 Å². The van der Waals surface area contributed by atoms with Crippen LogP contribution in [0.15, 0.2) is 180 Å². The summed E-state index contributed by atoms with van der Waals surface area (Å²) in [6, 6.07) is 65.1. The Hall–Kier alpha value is -7.37. The summed E-state index contributed by atoms with van der Waals surface area (Å²) < 4.78 is 53.5. The van der Waals surface area contributed by atoms with Crippen LogP contribution in [0.5, 0.6) is 0 Å². The molecule has 0 unspecified atom stereocenters. The maximum absolute atomic E-state index is 8.98. The van der Waals surface area contributed by atoms with Crippen LogP contribution in [0.2, 0.25) is 0 Å². The Labute approximate surface area is 450 Å². The van der Waals surface area contributed by atoms with E-state index in [4.69, 9.17) is 21.2 Å².